The van der Waals surface area contributed by atoms with Crippen LogP contribution in [0.4, 0.5) is 0 Å². The SMILES string of the molecule is CCN=C1NC2C(CC(C(C)(C)O)C(O)C2O)S1. The van der Waals surface area contributed by atoms with Crippen LogP contribution in [-0.4, -0.2) is 56.1 Å². The molecule has 0 aromatic rings. The maximum Gasteiger partial charge on any atom is 0.157 e. The number of rotatable bonds is 2. The molecule has 5 atom stereocenters. The van der Waals surface area contributed by atoms with E-state index in [2.05, 4.69) is 10.3 Å². The van der Waals surface area contributed by atoms with Crippen molar-refractivity contribution in [3.05, 3.63) is 0 Å². The number of hydrogen-bond donors (Lipinski definition) is 4. The quantitative estimate of drug-likeness (QED) is 0.567. The van der Waals surface area contributed by atoms with Gasteiger partial charge in [0.25, 0.3) is 0 Å². The van der Waals surface area contributed by atoms with Crippen LogP contribution in [0, 0.1) is 5.92 Å². The summed E-state index contributed by atoms with van der Waals surface area (Å²) in [6.45, 7) is 6.02. The number of fused-ring (bicyclic) bond motifs is 1. The molecule has 5 unspecified atom stereocenters. The lowest BCUT2D eigenvalue weighted by Crippen LogP contribution is -2.59. The number of nitrogens with one attached hydrogen (secondary N) is 1. The molecule has 1 aliphatic heterocycles. The van der Waals surface area contributed by atoms with Crippen molar-refractivity contribution in [3.8, 4) is 0 Å². The Morgan fingerprint density at radius 2 is 2.06 bits per heavy atom. The first kappa shape index (κ1) is 14.1. The lowest BCUT2D eigenvalue weighted by molar-refractivity contribution is -0.119. The molecular weight excluding hydrogens is 252 g/mol. The van der Waals surface area contributed by atoms with Crippen molar-refractivity contribution in [2.75, 3.05) is 6.54 Å². The van der Waals surface area contributed by atoms with E-state index in [9.17, 15) is 15.3 Å². The van der Waals surface area contributed by atoms with Crippen LogP contribution in [0.25, 0.3) is 0 Å². The van der Waals surface area contributed by atoms with Crippen molar-refractivity contribution >= 4 is 16.9 Å². The van der Waals surface area contributed by atoms with Crippen LogP contribution >= 0.6 is 11.8 Å². The molecular formula is C12H22N2O3S. The second-order valence-corrected chi connectivity index (χ2v) is 6.81. The van der Waals surface area contributed by atoms with E-state index in [1.807, 2.05) is 6.92 Å². The second-order valence-electron chi connectivity index (χ2n) is 5.58. The van der Waals surface area contributed by atoms with E-state index in [0.29, 0.717) is 13.0 Å². The van der Waals surface area contributed by atoms with Crippen molar-refractivity contribution in [1.29, 1.82) is 0 Å². The Balaban J connectivity index is 2.16. The number of thioether (sulfide) groups is 1. The van der Waals surface area contributed by atoms with E-state index in [-0.39, 0.29) is 17.2 Å². The minimum atomic E-state index is -0.990. The van der Waals surface area contributed by atoms with Gasteiger partial charge in [0, 0.05) is 17.7 Å². The minimum absolute atomic E-state index is 0.158. The third-order valence-electron chi connectivity index (χ3n) is 3.78. The zero-order valence-corrected chi connectivity index (χ0v) is 11.8. The van der Waals surface area contributed by atoms with Crippen molar-refractivity contribution < 1.29 is 15.3 Å². The summed E-state index contributed by atoms with van der Waals surface area (Å²) < 4.78 is 0. The van der Waals surface area contributed by atoms with Crippen LogP contribution in [0.15, 0.2) is 4.99 Å². The number of hydrogen-bond acceptors (Lipinski definition) is 5. The van der Waals surface area contributed by atoms with Gasteiger partial charge in [0.15, 0.2) is 5.17 Å². The number of nitrogens with zero attached hydrogens (tertiary/aromatic N) is 1. The highest BCUT2D eigenvalue weighted by atomic mass is 32.2. The summed E-state index contributed by atoms with van der Waals surface area (Å²) in [6.07, 6.45) is -1.09. The summed E-state index contributed by atoms with van der Waals surface area (Å²) in [5.41, 5.74) is -0.990. The zero-order chi connectivity index (χ0) is 13.5. The predicted molar refractivity (Wildman–Crippen MR) is 72.7 cm³/mol. The monoisotopic (exact) mass is 274 g/mol. The zero-order valence-electron chi connectivity index (χ0n) is 11.0. The van der Waals surface area contributed by atoms with Crippen molar-refractivity contribution in [2.24, 2.45) is 10.9 Å². The molecule has 0 aromatic heterocycles. The Morgan fingerprint density at radius 1 is 1.39 bits per heavy atom. The lowest BCUT2D eigenvalue weighted by Gasteiger charge is -2.43. The fraction of sp³-hybridized carbons (Fsp3) is 0.917. The molecule has 0 bridgehead atoms. The van der Waals surface area contributed by atoms with Crippen LogP contribution in [0.3, 0.4) is 0 Å². The molecule has 104 valence electrons. The molecule has 1 heterocycles. The van der Waals surface area contributed by atoms with Crippen molar-refractivity contribution in [2.45, 2.75) is 56.3 Å². The molecule has 2 fully saturated rings. The third kappa shape index (κ3) is 2.52. The summed E-state index contributed by atoms with van der Waals surface area (Å²) in [5.74, 6) is -0.316. The summed E-state index contributed by atoms with van der Waals surface area (Å²) in [4.78, 5) is 4.31. The standard InChI is InChI=1S/C12H22N2O3S/c1-4-13-11-14-8-7(18-11)5-6(12(2,3)17)9(15)10(8)16/h6-10,15-17H,4-5H2,1-3H3,(H,13,14). The molecule has 1 saturated heterocycles. The van der Waals surface area contributed by atoms with Gasteiger partial charge in [-0.25, -0.2) is 0 Å². The van der Waals surface area contributed by atoms with Gasteiger partial charge >= 0.3 is 0 Å². The maximum atomic E-state index is 10.2. The molecule has 4 N–H and O–H groups in total. The van der Waals surface area contributed by atoms with Crippen molar-refractivity contribution in [3.63, 3.8) is 0 Å². The molecule has 0 aromatic carbocycles. The first-order valence-corrected chi connectivity index (χ1v) is 7.28. The van der Waals surface area contributed by atoms with Gasteiger partial charge in [0.1, 0.15) is 6.10 Å². The van der Waals surface area contributed by atoms with E-state index >= 15 is 0 Å². The third-order valence-corrected chi connectivity index (χ3v) is 5.04. The predicted octanol–water partition coefficient (Wildman–Crippen LogP) is -0.0515. The van der Waals surface area contributed by atoms with Gasteiger partial charge in [-0.3, -0.25) is 4.99 Å². The van der Waals surface area contributed by atoms with Gasteiger partial charge in [-0.2, -0.15) is 0 Å². The van der Waals surface area contributed by atoms with Crippen LogP contribution in [0.5, 0.6) is 0 Å². The average Bonchev–Trinajstić information content (AvgIpc) is 2.65. The Hall–Kier alpha value is -0.300. The summed E-state index contributed by atoms with van der Waals surface area (Å²) in [5, 5.41) is 34.6. The smallest absolute Gasteiger partial charge is 0.157 e. The molecule has 2 rings (SSSR count). The van der Waals surface area contributed by atoms with Crippen LogP contribution in [-0.2, 0) is 0 Å². The minimum Gasteiger partial charge on any atom is -0.390 e. The Kier molecular flexibility index (Phi) is 3.92. The van der Waals surface area contributed by atoms with E-state index in [1.54, 1.807) is 25.6 Å². The molecule has 18 heavy (non-hydrogen) atoms. The molecule has 6 heteroatoms. The Labute approximate surface area is 112 Å². The lowest BCUT2D eigenvalue weighted by atomic mass is 9.73. The molecule has 5 nitrogen and oxygen atoms in total. The molecule has 1 saturated carbocycles. The highest BCUT2D eigenvalue weighted by Gasteiger charge is 2.51. The van der Waals surface area contributed by atoms with Crippen LogP contribution < -0.4 is 5.32 Å². The van der Waals surface area contributed by atoms with Gasteiger partial charge in [-0.15, -0.1) is 0 Å². The van der Waals surface area contributed by atoms with Crippen LogP contribution in [0.2, 0.25) is 0 Å². The molecule has 2 aliphatic rings. The molecule has 0 radical (unpaired) electrons. The number of aliphatic imine (C=N–C) groups is 1. The Bertz CT molecular complexity index is 343. The first-order chi connectivity index (χ1) is 8.34. The van der Waals surface area contributed by atoms with E-state index in [1.165, 1.54) is 0 Å². The number of aliphatic hydroxyl groups excluding tert-OH is 2. The topological polar surface area (TPSA) is 85.1 Å². The van der Waals surface area contributed by atoms with Gasteiger partial charge in [0.2, 0.25) is 0 Å². The van der Waals surface area contributed by atoms with Gasteiger partial charge in [0.05, 0.1) is 17.7 Å². The molecule has 1 aliphatic carbocycles. The largest absolute Gasteiger partial charge is 0.390 e. The normalized spacial score (nSPS) is 42.8. The second kappa shape index (κ2) is 5.00. The summed E-state index contributed by atoms with van der Waals surface area (Å²) in [6, 6.07) is -0.172. The number of amidine groups is 1. The summed E-state index contributed by atoms with van der Waals surface area (Å²) in [7, 11) is 0. The van der Waals surface area contributed by atoms with E-state index in [0.717, 1.165) is 5.17 Å². The average molecular weight is 274 g/mol. The maximum absolute atomic E-state index is 10.2. The van der Waals surface area contributed by atoms with E-state index in [4.69, 9.17) is 0 Å². The van der Waals surface area contributed by atoms with Gasteiger partial charge < -0.3 is 20.6 Å². The highest BCUT2D eigenvalue weighted by Crippen LogP contribution is 2.41. The van der Waals surface area contributed by atoms with Crippen LogP contribution in [0.1, 0.15) is 27.2 Å². The fourth-order valence-electron chi connectivity index (χ4n) is 2.76. The van der Waals surface area contributed by atoms with Crippen molar-refractivity contribution in [1.82, 2.24) is 5.32 Å². The molecule has 0 amide bonds. The highest BCUT2D eigenvalue weighted by molar-refractivity contribution is 8.14. The first-order valence-electron chi connectivity index (χ1n) is 6.40. The van der Waals surface area contributed by atoms with E-state index < -0.39 is 17.8 Å². The Morgan fingerprint density at radius 3 is 2.61 bits per heavy atom. The van der Waals surface area contributed by atoms with Gasteiger partial charge in [-0.1, -0.05) is 11.8 Å². The van der Waals surface area contributed by atoms with Gasteiger partial charge in [-0.05, 0) is 27.2 Å². The number of aliphatic hydroxyl groups is 3. The summed E-state index contributed by atoms with van der Waals surface area (Å²) >= 11 is 1.60. The molecule has 0 spiro atoms. The fourth-order valence-corrected chi connectivity index (χ4v) is 4.13.